The molecule has 0 radical (unpaired) electrons. The molecule has 0 bridgehead atoms. The average Bonchev–Trinajstić information content (AvgIpc) is 3.07. The quantitative estimate of drug-likeness (QED) is 0.260. The van der Waals surface area contributed by atoms with Crippen molar-refractivity contribution >= 4 is 11.8 Å². The Morgan fingerprint density at radius 1 is 0.955 bits per heavy atom. The number of likely N-dealkylation sites (tertiary alicyclic amines) is 1. The Bertz CT molecular complexity index is 1480. The number of hydrogen-bond donors (Lipinski definition) is 3. The number of methoxy groups -OCH3 is 1. The first-order valence-electron chi connectivity index (χ1n) is 15.6. The Balaban J connectivity index is 1.25. The van der Waals surface area contributed by atoms with Crippen molar-refractivity contribution in [1.29, 1.82) is 0 Å². The summed E-state index contributed by atoms with van der Waals surface area (Å²) in [5.74, 6) is -0.648. The predicted molar refractivity (Wildman–Crippen MR) is 175 cm³/mol. The molecule has 7 nitrogen and oxygen atoms in total. The van der Waals surface area contributed by atoms with Crippen molar-refractivity contribution in [3.63, 3.8) is 0 Å². The standard InChI is InChI=1S/C37H44N4O3/c1-4-31-34(33(32(35(38)42)26(2)40-31)27-13-11-18-30(25-27)44-3)36(43)39-21-12-22-41-23-19-37(20-24-41,28-14-7-5-8-15-28)29-16-9-6-10-17-29/h5-11,13-18,25,33,40H,4,12,19-24H2,1-3H3,(H2,38,42)(H,39,43). The summed E-state index contributed by atoms with van der Waals surface area (Å²) in [5.41, 5.74) is 11.8. The number of carbonyl (C=O) groups is 2. The lowest BCUT2D eigenvalue weighted by atomic mass is 9.68. The number of primary amides is 1. The highest BCUT2D eigenvalue weighted by Gasteiger charge is 2.38. The molecular weight excluding hydrogens is 548 g/mol. The van der Waals surface area contributed by atoms with Gasteiger partial charge in [-0.3, -0.25) is 9.59 Å². The summed E-state index contributed by atoms with van der Waals surface area (Å²) in [6.07, 6.45) is 3.55. The number of nitrogens with two attached hydrogens (primary N) is 1. The molecule has 3 aromatic rings. The number of rotatable bonds is 11. The van der Waals surface area contributed by atoms with Crippen LogP contribution in [-0.2, 0) is 15.0 Å². The van der Waals surface area contributed by atoms with E-state index in [4.69, 9.17) is 10.5 Å². The van der Waals surface area contributed by atoms with Crippen LogP contribution in [-0.4, -0.2) is 50.0 Å². The van der Waals surface area contributed by atoms with Crippen molar-refractivity contribution in [3.8, 4) is 5.75 Å². The molecule has 1 unspecified atom stereocenters. The lowest BCUT2D eigenvalue weighted by molar-refractivity contribution is -0.117. The molecule has 3 aromatic carbocycles. The molecule has 0 aromatic heterocycles. The van der Waals surface area contributed by atoms with E-state index in [9.17, 15) is 9.59 Å². The third-order valence-electron chi connectivity index (χ3n) is 9.23. The van der Waals surface area contributed by atoms with E-state index in [1.54, 1.807) is 7.11 Å². The lowest BCUT2D eigenvalue weighted by Crippen LogP contribution is -2.44. The van der Waals surface area contributed by atoms with Gasteiger partial charge in [0.15, 0.2) is 0 Å². The van der Waals surface area contributed by atoms with Crippen molar-refractivity contribution in [2.45, 2.75) is 50.9 Å². The molecule has 1 atom stereocenters. The molecule has 1 fully saturated rings. The molecule has 0 spiro atoms. The van der Waals surface area contributed by atoms with Gasteiger partial charge < -0.3 is 26.0 Å². The number of nitrogens with one attached hydrogen (secondary N) is 2. The maximum atomic E-state index is 13.8. The smallest absolute Gasteiger partial charge is 0.249 e. The third-order valence-corrected chi connectivity index (χ3v) is 9.23. The van der Waals surface area contributed by atoms with Crippen molar-refractivity contribution in [3.05, 3.63) is 124 Å². The predicted octanol–water partition coefficient (Wildman–Crippen LogP) is 5.39. The fourth-order valence-electron chi connectivity index (χ4n) is 6.94. The number of nitrogens with zero attached hydrogens (tertiary/aromatic N) is 1. The third kappa shape index (κ3) is 6.43. The Morgan fingerprint density at radius 3 is 2.16 bits per heavy atom. The van der Waals surface area contributed by atoms with Crippen LogP contribution < -0.4 is 21.1 Å². The summed E-state index contributed by atoms with van der Waals surface area (Å²) in [6.45, 7) is 7.27. The van der Waals surface area contributed by atoms with E-state index >= 15 is 0 Å². The van der Waals surface area contributed by atoms with Crippen LogP contribution in [0.3, 0.4) is 0 Å². The normalized spacial score (nSPS) is 18.5. The van der Waals surface area contributed by atoms with E-state index in [2.05, 4.69) is 76.2 Å². The zero-order chi connectivity index (χ0) is 31.1. The van der Waals surface area contributed by atoms with Crippen molar-refractivity contribution < 1.29 is 14.3 Å². The van der Waals surface area contributed by atoms with Gasteiger partial charge in [-0.05, 0) is 81.1 Å². The first kappa shape index (κ1) is 31.1. The molecule has 1 saturated heterocycles. The maximum Gasteiger partial charge on any atom is 0.249 e. The monoisotopic (exact) mass is 592 g/mol. The van der Waals surface area contributed by atoms with Crippen LogP contribution in [0.2, 0.25) is 0 Å². The average molecular weight is 593 g/mol. The minimum Gasteiger partial charge on any atom is -0.497 e. The number of hydrogen-bond acceptors (Lipinski definition) is 5. The molecule has 0 aliphatic carbocycles. The van der Waals surface area contributed by atoms with Crippen LogP contribution >= 0.6 is 0 Å². The van der Waals surface area contributed by atoms with Gasteiger partial charge in [0.1, 0.15) is 5.75 Å². The SMILES string of the molecule is CCC1=C(C(=O)NCCCN2CCC(c3ccccc3)(c3ccccc3)CC2)C(c2cccc(OC)c2)C(C(N)=O)=C(C)N1. The summed E-state index contributed by atoms with van der Waals surface area (Å²) in [6, 6.07) is 29.3. The van der Waals surface area contributed by atoms with Gasteiger partial charge in [0.05, 0.1) is 7.11 Å². The maximum absolute atomic E-state index is 13.8. The van der Waals surface area contributed by atoms with E-state index < -0.39 is 11.8 Å². The first-order valence-corrected chi connectivity index (χ1v) is 15.6. The Hall–Kier alpha value is -4.36. The van der Waals surface area contributed by atoms with Gasteiger partial charge in [0.25, 0.3) is 0 Å². The van der Waals surface area contributed by atoms with Gasteiger partial charge in [-0.1, -0.05) is 79.7 Å². The van der Waals surface area contributed by atoms with Crippen molar-refractivity contribution in [2.24, 2.45) is 5.73 Å². The van der Waals surface area contributed by atoms with Crippen LogP contribution in [0, 0.1) is 0 Å². The number of piperidine rings is 1. The number of carbonyl (C=O) groups excluding carboxylic acids is 2. The van der Waals surface area contributed by atoms with E-state index in [0.29, 0.717) is 35.6 Å². The number of allylic oxidation sites excluding steroid dienone is 2. The largest absolute Gasteiger partial charge is 0.497 e. The first-order chi connectivity index (χ1) is 21.4. The van der Waals surface area contributed by atoms with Crippen LogP contribution in [0.25, 0.3) is 0 Å². The molecule has 2 aliphatic heterocycles. The van der Waals surface area contributed by atoms with E-state index in [1.807, 2.05) is 38.1 Å². The number of amides is 2. The van der Waals surface area contributed by atoms with Crippen molar-refractivity contribution in [2.75, 3.05) is 33.3 Å². The molecule has 44 heavy (non-hydrogen) atoms. The molecular formula is C37H44N4O3. The minimum absolute atomic E-state index is 0.0170. The molecule has 5 rings (SSSR count). The Kier molecular flexibility index (Phi) is 9.85. The molecule has 230 valence electrons. The second kappa shape index (κ2) is 14.0. The summed E-state index contributed by atoms with van der Waals surface area (Å²) in [5, 5.41) is 6.45. The summed E-state index contributed by atoms with van der Waals surface area (Å²) < 4.78 is 5.45. The highest BCUT2D eigenvalue weighted by atomic mass is 16.5. The second-order valence-electron chi connectivity index (χ2n) is 11.7. The van der Waals surface area contributed by atoms with Crippen LogP contribution in [0.15, 0.2) is 107 Å². The molecule has 7 heteroatoms. The zero-order valence-corrected chi connectivity index (χ0v) is 26.1. The second-order valence-corrected chi connectivity index (χ2v) is 11.7. The number of benzene rings is 3. The molecule has 2 aliphatic rings. The topological polar surface area (TPSA) is 96.7 Å². The van der Waals surface area contributed by atoms with Gasteiger partial charge in [0, 0.05) is 40.4 Å². The van der Waals surface area contributed by atoms with E-state index in [1.165, 1.54) is 11.1 Å². The van der Waals surface area contributed by atoms with Crippen LogP contribution in [0.5, 0.6) is 5.75 Å². The lowest BCUT2D eigenvalue weighted by Gasteiger charge is -2.43. The van der Waals surface area contributed by atoms with Gasteiger partial charge in [0.2, 0.25) is 11.8 Å². The summed E-state index contributed by atoms with van der Waals surface area (Å²) in [4.78, 5) is 29.0. The molecule has 4 N–H and O–H groups in total. The van der Waals surface area contributed by atoms with Crippen LogP contribution in [0.4, 0.5) is 0 Å². The van der Waals surface area contributed by atoms with Crippen molar-refractivity contribution in [1.82, 2.24) is 15.5 Å². The van der Waals surface area contributed by atoms with E-state index in [-0.39, 0.29) is 11.3 Å². The fourth-order valence-corrected chi connectivity index (χ4v) is 6.94. The minimum atomic E-state index is -0.579. The molecule has 0 saturated carbocycles. The van der Waals surface area contributed by atoms with Crippen LogP contribution in [0.1, 0.15) is 62.1 Å². The van der Waals surface area contributed by atoms with E-state index in [0.717, 1.165) is 50.2 Å². The van der Waals surface area contributed by atoms with Gasteiger partial charge >= 0.3 is 0 Å². The highest BCUT2D eigenvalue weighted by molar-refractivity contribution is 6.03. The number of dihydropyridines is 1. The molecule has 2 heterocycles. The molecule has 2 amide bonds. The Labute approximate surface area is 261 Å². The van der Waals surface area contributed by atoms with Gasteiger partial charge in [-0.25, -0.2) is 0 Å². The fraction of sp³-hybridized carbons (Fsp3) is 0.351. The van der Waals surface area contributed by atoms with Gasteiger partial charge in [-0.15, -0.1) is 0 Å². The number of ether oxygens (including phenoxy) is 1. The summed E-state index contributed by atoms with van der Waals surface area (Å²) in [7, 11) is 1.60. The highest BCUT2D eigenvalue weighted by Crippen LogP contribution is 2.42. The zero-order valence-electron chi connectivity index (χ0n) is 26.1. The summed E-state index contributed by atoms with van der Waals surface area (Å²) >= 11 is 0. The Morgan fingerprint density at radius 2 is 1.59 bits per heavy atom. The van der Waals surface area contributed by atoms with Gasteiger partial charge in [-0.2, -0.15) is 0 Å².